The van der Waals surface area contributed by atoms with Crippen molar-refractivity contribution in [2.45, 2.75) is 6.92 Å². The van der Waals surface area contributed by atoms with Crippen LogP contribution in [-0.4, -0.2) is 9.97 Å². The summed E-state index contributed by atoms with van der Waals surface area (Å²) in [5, 5.41) is 0. The normalized spacial score (nSPS) is 10.1. The van der Waals surface area contributed by atoms with E-state index >= 15 is 0 Å². The van der Waals surface area contributed by atoms with Gasteiger partial charge in [-0.1, -0.05) is 18.2 Å². The van der Waals surface area contributed by atoms with Gasteiger partial charge in [-0.15, -0.1) is 0 Å². The summed E-state index contributed by atoms with van der Waals surface area (Å²) in [6, 6.07) is 7.53. The lowest BCUT2D eigenvalue weighted by Gasteiger charge is -2.07. The summed E-state index contributed by atoms with van der Waals surface area (Å²) >= 11 is 3.13. The Labute approximate surface area is 100 Å². The molecule has 5 heteroatoms. The van der Waals surface area contributed by atoms with Gasteiger partial charge in [-0.25, -0.2) is 4.98 Å². The largest absolute Gasteiger partial charge is 0.437 e. The Morgan fingerprint density at radius 3 is 2.88 bits per heavy atom. The highest BCUT2D eigenvalue weighted by atomic mass is 79.9. The van der Waals surface area contributed by atoms with Crippen LogP contribution in [0.3, 0.4) is 0 Å². The number of aromatic amines is 1. The van der Waals surface area contributed by atoms with Crippen LogP contribution < -0.4 is 10.3 Å². The van der Waals surface area contributed by atoms with Crippen LogP contribution in [0.4, 0.5) is 0 Å². The number of nitrogens with one attached hydrogen (secondary N) is 1. The van der Waals surface area contributed by atoms with E-state index in [-0.39, 0.29) is 11.4 Å². The average molecular weight is 281 g/mol. The molecule has 2 aromatic rings. The minimum Gasteiger partial charge on any atom is -0.437 e. The number of hydrogen-bond acceptors (Lipinski definition) is 3. The zero-order valence-electron chi connectivity index (χ0n) is 8.53. The fraction of sp³-hybridized carbons (Fsp3) is 0.0909. The molecule has 0 spiro atoms. The summed E-state index contributed by atoms with van der Waals surface area (Å²) in [6.45, 7) is 1.93. The van der Waals surface area contributed by atoms with Gasteiger partial charge in [0, 0.05) is 0 Å². The fourth-order valence-electron chi connectivity index (χ4n) is 1.21. The molecular formula is C11H9BrN2O2. The van der Waals surface area contributed by atoms with Crippen LogP contribution in [0.2, 0.25) is 0 Å². The van der Waals surface area contributed by atoms with Gasteiger partial charge in [-0.05, 0) is 34.5 Å². The molecule has 0 aliphatic carbocycles. The van der Waals surface area contributed by atoms with Crippen LogP contribution in [0.25, 0.3) is 0 Å². The smallest absolute Gasteiger partial charge is 0.268 e. The number of ether oxygens (including phenoxy) is 1. The molecule has 0 aliphatic heterocycles. The van der Waals surface area contributed by atoms with Crippen molar-refractivity contribution in [1.82, 2.24) is 9.97 Å². The molecule has 1 aromatic carbocycles. The molecule has 0 unspecified atom stereocenters. The summed E-state index contributed by atoms with van der Waals surface area (Å²) in [6.07, 6.45) is 1.31. The molecule has 0 aliphatic rings. The molecule has 1 aromatic heterocycles. The minimum absolute atomic E-state index is 0.262. The Morgan fingerprint density at radius 2 is 2.12 bits per heavy atom. The third-order valence-electron chi connectivity index (χ3n) is 2.06. The summed E-state index contributed by atoms with van der Waals surface area (Å²) in [5.41, 5.74) is 0.718. The van der Waals surface area contributed by atoms with Gasteiger partial charge in [0.2, 0.25) is 5.88 Å². The highest BCUT2D eigenvalue weighted by molar-refractivity contribution is 9.10. The molecule has 16 heavy (non-hydrogen) atoms. The third kappa shape index (κ3) is 2.14. The highest BCUT2D eigenvalue weighted by Gasteiger charge is 2.08. The van der Waals surface area contributed by atoms with Crippen LogP contribution in [0.1, 0.15) is 5.56 Å². The van der Waals surface area contributed by atoms with E-state index in [0.29, 0.717) is 10.2 Å². The molecule has 0 atom stereocenters. The first kappa shape index (κ1) is 10.9. The zero-order valence-corrected chi connectivity index (χ0v) is 10.1. The molecule has 0 radical (unpaired) electrons. The minimum atomic E-state index is -0.265. The first-order valence-corrected chi connectivity index (χ1v) is 5.44. The topological polar surface area (TPSA) is 55.0 Å². The Balaban J connectivity index is 2.38. The van der Waals surface area contributed by atoms with Crippen LogP contribution in [0, 0.1) is 6.92 Å². The summed E-state index contributed by atoms with van der Waals surface area (Å²) in [4.78, 5) is 17.7. The van der Waals surface area contributed by atoms with E-state index in [0.717, 1.165) is 5.56 Å². The van der Waals surface area contributed by atoms with Gasteiger partial charge in [-0.3, -0.25) is 4.79 Å². The maximum atomic E-state index is 11.3. The molecule has 1 heterocycles. The van der Waals surface area contributed by atoms with E-state index in [1.165, 1.54) is 6.33 Å². The number of nitrogens with zero attached hydrogens (tertiary/aromatic N) is 1. The van der Waals surface area contributed by atoms with E-state index in [2.05, 4.69) is 25.9 Å². The average Bonchev–Trinajstić information content (AvgIpc) is 2.28. The lowest BCUT2D eigenvalue weighted by atomic mass is 10.2. The highest BCUT2D eigenvalue weighted by Crippen LogP contribution is 2.26. The second-order valence-electron chi connectivity index (χ2n) is 3.22. The fourth-order valence-corrected chi connectivity index (χ4v) is 1.51. The molecule has 0 amide bonds. The van der Waals surface area contributed by atoms with Gasteiger partial charge in [-0.2, -0.15) is 0 Å². The molecule has 82 valence electrons. The molecule has 0 saturated carbocycles. The van der Waals surface area contributed by atoms with Gasteiger partial charge in [0.1, 0.15) is 10.2 Å². The molecule has 0 bridgehead atoms. The number of H-pyrrole nitrogens is 1. The molecular weight excluding hydrogens is 272 g/mol. The maximum absolute atomic E-state index is 11.3. The molecule has 2 rings (SSSR count). The number of aromatic nitrogens is 2. The molecule has 0 fully saturated rings. The van der Waals surface area contributed by atoms with Crippen LogP contribution in [-0.2, 0) is 0 Å². The Bertz CT molecular complexity index is 566. The summed E-state index contributed by atoms with van der Waals surface area (Å²) < 4.78 is 5.83. The van der Waals surface area contributed by atoms with Crippen molar-refractivity contribution in [1.29, 1.82) is 0 Å². The van der Waals surface area contributed by atoms with Crippen molar-refractivity contribution in [3.05, 3.63) is 51.0 Å². The van der Waals surface area contributed by atoms with Crippen LogP contribution >= 0.6 is 15.9 Å². The van der Waals surface area contributed by atoms with Gasteiger partial charge < -0.3 is 9.72 Å². The summed E-state index contributed by atoms with van der Waals surface area (Å²) in [5.74, 6) is 0.944. The molecule has 4 nitrogen and oxygen atoms in total. The van der Waals surface area contributed by atoms with Crippen molar-refractivity contribution in [2.24, 2.45) is 0 Å². The number of para-hydroxylation sites is 1. The third-order valence-corrected chi connectivity index (χ3v) is 2.76. The monoisotopic (exact) mass is 280 g/mol. The second kappa shape index (κ2) is 4.49. The Hall–Kier alpha value is -1.62. The lowest BCUT2D eigenvalue weighted by Crippen LogP contribution is -2.08. The van der Waals surface area contributed by atoms with Gasteiger partial charge in [0.25, 0.3) is 5.56 Å². The summed E-state index contributed by atoms with van der Waals surface area (Å²) in [7, 11) is 0. The number of halogens is 1. The molecule has 0 saturated heterocycles. The SMILES string of the molecule is Cc1ccccc1Oc1nc[nH]c(=O)c1Br. The maximum Gasteiger partial charge on any atom is 0.268 e. The van der Waals surface area contributed by atoms with Crippen molar-refractivity contribution in [3.8, 4) is 11.6 Å². The number of rotatable bonds is 2. The van der Waals surface area contributed by atoms with E-state index < -0.39 is 0 Å². The first-order chi connectivity index (χ1) is 7.68. The van der Waals surface area contributed by atoms with Crippen molar-refractivity contribution in [3.63, 3.8) is 0 Å². The van der Waals surface area contributed by atoms with Gasteiger partial charge in [0.15, 0.2) is 0 Å². The van der Waals surface area contributed by atoms with Crippen molar-refractivity contribution in [2.75, 3.05) is 0 Å². The van der Waals surface area contributed by atoms with E-state index in [9.17, 15) is 4.79 Å². The van der Waals surface area contributed by atoms with Gasteiger partial charge >= 0.3 is 0 Å². The number of benzene rings is 1. The quantitative estimate of drug-likeness (QED) is 0.920. The van der Waals surface area contributed by atoms with Gasteiger partial charge in [0.05, 0.1) is 6.33 Å². The molecule has 1 N–H and O–H groups in total. The van der Waals surface area contributed by atoms with E-state index in [4.69, 9.17) is 4.74 Å². The lowest BCUT2D eigenvalue weighted by molar-refractivity contribution is 0.453. The second-order valence-corrected chi connectivity index (χ2v) is 4.01. The number of aryl methyl sites for hydroxylation is 1. The Morgan fingerprint density at radius 1 is 1.38 bits per heavy atom. The number of hydrogen-bond donors (Lipinski definition) is 1. The van der Waals surface area contributed by atoms with E-state index in [1.807, 2.05) is 31.2 Å². The standard InChI is InChI=1S/C11H9BrN2O2/c1-7-4-2-3-5-8(7)16-11-9(12)10(15)13-6-14-11/h2-6H,1H3,(H,13,14,15). The van der Waals surface area contributed by atoms with E-state index in [1.54, 1.807) is 0 Å². The Kier molecular flexibility index (Phi) is 3.05. The zero-order chi connectivity index (χ0) is 11.5. The van der Waals surface area contributed by atoms with Crippen molar-refractivity contribution >= 4 is 15.9 Å². The predicted octanol–water partition coefficient (Wildman–Crippen LogP) is 2.63. The van der Waals surface area contributed by atoms with Crippen LogP contribution in [0.15, 0.2) is 39.9 Å². The first-order valence-electron chi connectivity index (χ1n) is 4.65. The van der Waals surface area contributed by atoms with Crippen LogP contribution in [0.5, 0.6) is 11.6 Å². The van der Waals surface area contributed by atoms with Crippen molar-refractivity contribution < 1.29 is 4.74 Å². The predicted molar refractivity (Wildman–Crippen MR) is 63.8 cm³/mol.